The van der Waals surface area contributed by atoms with E-state index in [4.69, 9.17) is 0 Å². The van der Waals surface area contributed by atoms with E-state index in [0.717, 1.165) is 18.5 Å². The lowest BCUT2D eigenvalue weighted by molar-refractivity contribution is -0.126. The number of nitrogens with one attached hydrogen (secondary N) is 1. The number of piperidine rings is 1. The van der Waals surface area contributed by atoms with Gasteiger partial charge in [0.15, 0.2) is 10.8 Å². The molecular formula is C17H19N5O2S. The lowest BCUT2D eigenvalue weighted by Gasteiger charge is -2.22. The highest BCUT2D eigenvalue weighted by Crippen LogP contribution is 2.29. The van der Waals surface area contributed by atoms with Crippen molar-refractivity contribution in [3.05, 3.63) is 29.0 Å². The molecule has 7 nitrogen and oxygen atoms in total. The van der Waals surface area contributed by atoms with Crippen LogP contribution in [-0.4, -0.2) is 50.8 Å². The zero-order chi connectivity index (χ0) is 17.4. The number of rotatable bonds is 3. The molecule has 25 heavy (non-hydrogen) atoms. The predicted octanol–water partition coefficient (Wildman–Crippen LogP) is 1.51. The van der Waals surface area contributed by atoms with Crippen LogP contribution in [-0.2, 0) is 11.2 Å². The number of nitrogens with zero attached hydrogens (tertiary/aromatic N) is 4. The van der Waals surface area contributed by atoms with Crippen LogP contribution in [0.1, 0.15) is 35.1 Å². The molecule has 3 fully saturated rings. The molecule has 3 saturated heterocycles. The lowest BCUT2D eigenvalue weighted by atomic mass is 9.96. The van der Waals surface area contributed by atoms with Crippen LogP contribution in [0.25, 0.3) is 10.8 Å². The third-order valence-corrected chi connectivity index (χ3v) is 5.81. The van der Waals surface area contributed by atoms with Gasteiger partial charge in [0.1, 0.15) is 4.88 Å². The van der Waals surface area contributed by atoms with Crippen LogP contribution in [0.5, 0.6) is 0 Å². The van der Waals surface area contributed by atoms with E-state index in [-0.39, 0.29) is 23.8 Å². The maximum atomic E-state index is 13.1. The molecule has 1 N–H and O–H groups in total. The molecule has 3 aliphatic rings. The van der Waals surface area contributed by atoms with E-state index in [1.165, 1.54) is 11.3 Å². The Kier molecular flexibility index (Phi) is 4.20. The van der Waals surface area contributed by atoms with E-state index in [9.17, 15) is 9.59 Å². The number of aryl methyl sites for hydroxylation is 1. The Morgan fingerprint density at radius 3 is 2.84 bits per heavy atom. The van der Waals surface area contributed by atoms with Crippen molar-refractivity contribution in [1.29, 1.82) is 0 Å². The smallest absolute Gasteiger partial charge is 0.265 e. The molecule has 2 atom stereocenters. The maximum absolute atomic E-state index is 13.1. The second-order valence-corrected chi connectivity index (χ2v) is 7.41. The van der Waals surface area contributed by atoms with Gasteiger partial charge >= 0.3 is 0 Å². The first-order chi connectivity index (χ1) is 12.2. The second kappa shape index (κ2) is 6.51. The minimum atomic E-state index is -0.0994. The summed E-state index contributed by atoms with van der Waals surface area (Å²) in [7, 11) is 0. The Balaban J connectivity index is 1.64. The molecule has 2 amide bonds. The van der Waals surface area contributed by atoms with E-state index >= 15 is 0 Å². The predicted molar refractivity (Wildman–Crippen MR) is 93.1 cm³/mol. The van der Waals surface area contributed by atoms with E-state index in [0.29, 0.717) is 35.2 Å². The van der Waals surface area contributed by atoms with Gasteiger partial charge < -0.3 is 10.2 Å². The van der Waals surface area contributed by atoms with Gasteiger partial charge in [0.2, 0.25) is 5.91 Å². The molecule has 0 spiro atoms. The molecular weight excluding hydrogens is 338 g/mol. The van der Waals surface area contributed by atoms with Crippen LogP contribution in [0, 0.1) is 5.92 Å². The highest BCUT2D eigenvalue weighted by atomic mass is 32.1. The first-order valence-electron chi connectivity index (χ1n) is 8.52. The standard InChI is InChI=1S/C17H19N5O2S/c1-2-12-13(25-16(21-12)14-18-6-3-7-19-14)17(24)22-8-10-4-5-11(9-22)20-15(10)23/h3,6-7,10-11H,2,4-5,8-9H2,1H3,(H,20,23)/t10-,11+/m1/s1. The minimum Gasteiger partial charge on any atom is -0.351 e. The summed E-state index contributed by atoms with van der Waals surface area (Å²) in [5.41, 5.74) is 0.772. The van der Waals surface area contributed by atoms with Crippen LogP contribution >= 0.6 is 11.3 Å². The molecule has 3 aliphatic heterocycles. The second-order valence-electron chi connectivity index (χ2n) is 6.41. The quantitative estimate of drug-likeness (QED) is 0.900. The third kappa shape index (κ3) is 3.02. The van der Waals surface area contributed by atoms with Gasteiger partial charge in [-0.2, -0.15) is 0 Å². The molecule has 0 saturated carbocycles. The largest absolute Gasteiger partial charge is 0.351 e. The summed E-state index contributed by atoms with van der Waals surface area (Å²) in [5.74, 6) is 0.474. The molecule has 2 bridgehead atoms. The highest BCUT2D eigenvalue weighted by molar-refractivity contribution is 7.17. The number of amides is 2. The topological polar surface area (TPSA) is 88.1 Å². The number of hydrogen-bond donors (Lipinski definition) is 1. The van der Waals surface area contributed by atoms with Crippen molar-refractivity contribution < 1.29 is 9.59 Å². The summed E-state index contributed by atoms with van der Waals surface area (Å²) < 4.78 is 0. The average Bonchev–Trinajstić information content (AvgIpc) is 2.88. The summed E-state index contributed by atoms with van der Waals surface area (Å²) in [6, 6.07) is 1.81. The molecule has 0 aromatic carbocycles. The van der Waals surface area contributed by atoms with E-state index in [1.807, 2.05) is 11.8 Å². The van der Waals surface area contributed by atoms with Gasteiger partial charge in [-0.15, -0.1) is 11.3 Å². The summed E-state index contributed by atoms with van der Waals surface area (Å²) >= 11 is 1.34. The molecule has 0 unspecified atom stereocenters. The van der Waals surface area contributed by atoms with Crippen LogP contribution in [0.2, 0.25) is 0 Å². The Morgan fingerprint density at radius 1 is 1.32 bits per heavy atom. The molecule has 8 heteroatoms. The Morgan fingerprint density at radius 2 is 2.12 bits per heavy atom. The minimum absolute atomic E-state index is 0.0371. The summed E-state index contributed by atoms with van der Waals surface area (Å²) in [5, 5.41) is 3.67. The van der Waals surface area contributed by atoms with Gasteiger partial charge in [-0.3, -0.25) is 9.59 Å². The van der Waals surface area contributed by atoms with Crippen LogP contribution in [0.4, 0.5) is 0 Å². The monoisotopic (exact) mass is 357 g/mol. The van der Waals surface area contributed by atoms with Crippen molar-refractivity contribution in [2.45, 2.75) is 32.2 Å². The van der Waals surface area contributed by atoms with Gasteiger partial charge in [0.05, 0.1) is 11.6 Å². The maximum Gasteiger partial charge on any atom is 0.265 e. The fourth-order valence-electron chi connectivity index (χ4n) is 3.42. The van der Waals surface area contributed by atoms with Gasteiger partial charge in [-0.1, -0.05) is 6.92 Å². The molecule has 5 heterocycles. The number of hydrogen-bond acceptors (Lipinski definition) is 6. The molecule has 0 radical (unpaired) electrons. The highest BCUT2D eigenvalue weighted by Gasteiger charge is 2.37. The number of carbonyl (C=O) groups is 2. The first-order valence-corrected chi connectivity index (χ1v) is 9.34. The van der Waals surface area contributed by atoms with Crippen molar-refractivity contribution >= 4 is 23.2 Å². The van der Waals surface area contributed by atoms with E-state index in [2.05, 4.69) is 20.3 Å². The first kappa shape index (κ1) is 16.1. The molecule has 0 aliphatic carbocycles. The van der Waals surface area contributed by atoms with Crippen molar-refractivity contribution in [3.63, 3.8) is 0 Å². The van der Waals surface area contributed by atoms with Crippen LogP contribution in [0.15, 0.2) is 18.5 Å². The van der Waals surface area contributed by atoms with E-state index < -0.39 is 0 Å². The molecule has 2 aromatic rings. The van der Waals surface area contributed by atoms with E-state index in [1.54, 1.807) is 18.5 Å². The summed E-state index contributed by atoms with van der Waals surface area (Å²) in [6.45, 7) is 3.04. The van der Waals surface area contributed by atoms with Gasteiger partial charge in [0, 0.05) is 31.5 Å². The SMILES string of the molecule is CCc1nc(-c2ncccn2)sc1C(=O)N1C[C@@H]2CC[C@H](C1)C(=O)N2. The van der Waals surface area contributed by atoms with Crippen LogP contribution < -0.4 is 5.32 Å². The third-order valence-electron chi connectivity index (χ3n) is 4.73. The zero-order valence-electron chi connectivity index (χ0n) is 13.9. The lowest BCUT2D eigenvalue weighted by Crippen LogP contribution is -2.43. The zero-order valence-corrected chi connectivity index (χ0v) is 14.8. The fraction of sp³-hybridized carbons (Fsp3) is 0.471. The van der Waals surface area contributed by atoms with Gasteiger partial charge in [-0.05, 0) is 25.3 Å². The van der Waals surface area contributed by atoms with Gasteiger partial charge in [0.25, 0.3) is 5.91 Å². The Labute approximate surface area is 149 Å². The number of fused-ring (bicyclic) bond motifs is 4. The van der Waals surface area contributed by atoms with Crippen LogP contribution in [0.3, 0.4) is 0 Å². The normalized spacial score (nSPS) is 22.6. The summed E-state index contributed by atoms with van der Waals surface area (Å²) in [6.07, 6.45) is 5.79. The fourth-order valence-corrected chi connectivity index (χ4v) is 4.49. The number of thiazole rings is 1. The van der Waals surface area contributed by atoms with Crippen molar-refractivity contribution in [2.75, 3.05) is 13.1 Å². The molecule has 130 valence electrons. The number of aromatic nitrogens is 3. The Bertz CT molecular complexity index is 807. The van der Waals surface area contributed by atoms with Crippen molar-refractivity contribution in [2.24, 2.45) is 5.92 Å². The Hall–Kier alpha value is -2.35. The number of carbonyl (C=O) groups excluding carboxylic acids is 2. The molecule has 2 aromatic heterocycles. The van der Waals surface area contributed by atoms with Crippen molar-refractivity contribution in [3.8, 4) is 10.8 Å². The van der Waals surface area contributed by atoms with Crippen molar-refractivity contribution in [1.82, 2.24) is 25.2 Å². The molecule has 5 rings (SSSR count). The average molecular weight is 357 g/mol. The van der Waals surface area contributed by atoms with Gasteiger partial charge in [-0.25, -0.2) is 15.0 Å². The summed E-state index contributed by atoms with van der Waals surface area (Å²) in [4.78, 5) is 40.6.